The molecule has 0 unspecified atom stereocenters. The highest BCUT2D eigenvalue weighted by atomic mass is 16.1. The van der Waals surface area contributed by atoms with Crippen LogP contribution in [0, 0.1) is 11.3 Å². The highest BCUT2D eigenvalue weighted by Crippen LogP contribution is 2.18. The van der Waals surface area contributed by atoms with Gasteiger partial charge in [0.15, 0.2) is 0 Å². The molecule has 0 fully saturated rings. The van der Waals surface area contributed by atoms with Crippen LogP contribution in [-0.2, 0) is 7.05 Å². The molecule has 5 nitrogen and oxygen atoms in total. The lowest BCUT2D eigenvalue weighted by Gasteiger charge is -2.08. The lowest BCUT2D eigenvalue weighted by atomic mass is 10.2. The SMILES string of the molecule is CNc1cc(=O)n(C)c2ccc(C#N)nc12. The molecule has 80 valence electrons. The molecule has 16 heavy (non-hydrogen) atoms. The first-order valence-corrected chi connectivity index (χ1v) is 4.76. The van der Waals surface area contributed by atoms with Gasteiger partial charge >= 0.3 is 0 Å². The minimum atomic E-state index is -0.108. The van der Waals surface area contributed by atoms with Crippen LogP contribution in [0.15, 0.2) is 23.0 Å². The van der Waals surface area contributed by atoms with Crippen LogP contribution < -0.4 is 10.9 Å². The number of fused-ring (bicyclic) bond motifs is 1. The fraction of sp³-hybridized carbons (Fsp3) is 0.182. The minimum absolute atomic E-state index is 0.108. The van der Waals surface area contributed by atoms with E-state index in [-0.39, 0.29) is 5.56 Å². The summed E-state index contributed by atoms with van der Waals surface area (Å²) in [7, 11) is 3.40. The van der Waals surface area contributed by atoms with Crippen LogP contribution in [0.5, 0.6) is 0 Å². The highest BCUT2D eigenvalue weighted by molar-refractivity contribution is 5.87. The van der Waals surface area contributed by atoms with Crippen LogP contribution >= 0.6 is 0 Å². The third-order valence-corrected chi connectivity index (χ3v) is 2.47. The Balaban J connectivity index is 2.94. The molecule has 0 bridgehead atoms. The molecule has 0 aliphatic carbocycles. The molecule has 0 spiro atoms. The highest BCUT2D eigenvalue weighted by Gasteiger charge is 2.07. The largest absolute Gasteiger partial charge is 0.386 e. The molecule has 2 rings (SSSR count). The van der Waals surface area contributed by atoms with Crippen molar-refractivity contribution in [2.75, 3.05) is 12.4 Å². The number of nitrogens with one attached hydrogen (secondary N) is 1. The summed E-state index contributed by atoms with van der Waals surface area (Å²) in [4.78, 5) is 15.8. The van der Waals surface area contributed by atoms with Crippen molar-refractivity contribution in [3.8, 4) is 6.07 Å². The Morgan fingerprint density at radius 1 is 1.50 bits per heavy atom. The van der Waals surface area contributed by atoms with Gasteiger partial charge in [-0.25, -0.2) is 4.98 Å². The summed E-state index contributed by atoms with van der Waals surface area (Å²) >= 11 is 0. The number of aryl methyl sites for hydroxylation is 1. The normalized spacial score (nSPS) is 10.1. The van der Waals surface area contributed by atoms with Gasteiger partial charge in [-0.15, -0.1) is 0 Å². The number of nitriles is 1. The van der Waals surface area contributed by atoms with Gasteiger partial charge in [0.05, 0.1) is 11.2 Å². The standard InChI is InChI=1S/C11H10N4O/c1-13-8-5-10(16)15(2)9-4-3-7(6-12)14-11(8)9/h3-5,13H,1-2H3. The summed E-state index contributed by atoms with van der Waals surface area (Å²) in [6.45, 7) is 0. The average molecular weight is 214 g/mol. The Labute approximate surface area is 92.0 Å². The third kappa shape index (κ3) is 1.41. The van der Waals surface area contributed by atoms with Crippen molar-refractivity contribution in [1.82, 2.24) is 9.55 Å². The van der Waals surface area contributed by atoms with Crippen LogP contribution in [0.25, 0.3) is 11.0 Å². The first kappa shape index (κ1) is 10.2. The molecule has 2 aromatic rings. The van der Waals surface area contributed by atoms with Crippen molar-refractivity contribution in [3.05, 3.63) is 34.2 Å². The van der Waals surface area contributed by atoms with Crippen LogP contribution in [-0.4, -0.2) is 16.6 Å². The van der Waals surface area contributed by atoms with Crippen molar-refractivity contribution in [1.29, 1.82) is 5.26 Å². The molecular weight excluding hydrogens is 204 g/mol. The molecule has 0 amide bonds. The second-order valence-electron chi connectivity index (χ2n) is 3.38. The third-order valence-electron chi connectivity index (χ3n) is 2.47. The number of pyridine rings is 2. The Morgan fingerprint density at radius 2 is 2.25 bits per heavy atom. The number of nitrogens with zero attached hydrogens (tertiary/aromatic N) is 3. The predicted molar refractivity (Wildman–Crippen MR) is 61.2 cm³/mol. The van der Waals surface area contributed by atoms with Gasteiger partial charge < -0.3 is 9.88 Å². The lowest BCUT2D eigenvalue weighted by Crippen LogP contribution is -2.17. The van der Waals surface area contributed by atoms with Gasteiger partial charge in [0, 0.05) is 20.2 Å². The van der Waals surface area contributed by atoms with E-state index in [4.69, 9.17) is 5.26 Å². The zero-order valence-corrected chi connectivity index (χ0v) is 8.98. The van der Waals surface area contributed by atoms with Crippen molar-refractivity contribution in [2.24, 2.45) is 7.05 Å². The molecule has 0 saturated heterocycles. The van der Waals surface area contributed by atoms with E-state index in [1.54, 1.807) is 26.2 Å². The fourth-order valence-corrected chi connectivity index (χ4v) is 1.58. The quantitative estimate of drug-likeness (QED) is 0.763. The topological polar surface area (TPSA) is 70.7 Å². The van der Waals surface area contributed by atoms with Crippen LogP contribution in [0.4, 0.5) is 5.69 Å². The molecule has 0 aliphatic heterocycles. The van der Waals surface area contributed by atoms with Gasteiger partial charge in [-0.05, 0) is 12.1 Å². The van der Waals surface area contributed by atoms with E-state index in [2.05, 4.69) is 10.3 Å². The van der Waals surface area contributed by atoms with Crippen LogP contribution in [0.3, 0.4) is 0 Å². The summed E-state index contributed by atoms with van der Waals surface area (Å²) in [5, 5.41) is 11.7. The smallest absolute Gasteiger partial charge is 0.252 e. The Bertz CT molecular complexity index is 651. The number of hydrogen-bond acceptors (Lipinski definition) is 4. The van der Waals surface area contributed by atoms with Crippen molar-refractivity contribution < 1.29 is 0 Å². The minimum Gasteiger partial charge on any atom is -0.386 e. The zero-order chi connectivity index (χ0) is 11.7. The monoisotopic (exact) mass is 214 g/mol. The summed E-state index contributed by atoms with van der Waals surface area (Å²) in [5.74, 6) is 0. The molecule has 0 aromatic carbocycles. The zero-order valence-electron chi connectivity index (χ0n) is 8.98. The van der Waals surface area contributed by atoms with Gasteiger partial charge in [-0.3, -0.25) is 4.79 Å². The van der Waals surface area contributed by atoms with Gasteiger partial charge in [-0.2, -0.15) is 5.26 Å². The first-order valence-electron chi connectivity index (χ1n) is 4.76. The maximum absolute atomic E-state index is 11.6. The second-order valence-corrected chi connectivity index (χ2v) is 3.38. The summed E-state index contributed by atoms with van der Waals surface area (Å²) in [6, 6.07) is 6.77. The van der Waals surface area contributed by atoms with Crippen molar-refractivity contribution in [3.63, 3.8) is 0 Å². The molecule has 2 heterocycles. The van der Waals surface area contributed by atoms with Crippen molar-refractivity contribution in [2.45, 2.75) is 0 Å². The van der Waals surface area contributed by atoms with Crippen LogP contribution in [0.1, 0.15) is 5.69 Å². The number of rotatable bonds is 1. The molecule has 0 aliphatic rings. The van der Waals surface area contributed by atoms with E-state index < -0.39 is 0 Å². The molecule has 0 radical (unpaired) electrons. The van der Waals surface area contributed by atoms with Gasteiger partial charge in [-0.1, -0.05) is 0 Å². The molecule has 5 heteroatoms. The fourth-order valence-electron chi connectivity index (χ4n) is 1.58. The summed E-state index contributed by atoms with van der Waals surface area (Å²) < 4.78 is 1.50. The molecule has 0 saturated carbocycles. The van der Waals surface area contributed by atoms with Crippen LogP contribution in [0.2, 0.25) is 0 Å². The van der Waals surface area contributed by atoms with E-state index in [1.165, 1.54) is 10.6 Å². The first-order chi connectivity index (χ1) is 7.67. The summed E-state index contributed by atoms with van der Waals surface area (Å²) in [6.07, 6.45) is 0. The number of aromatic nitrogens is 2. The molecule has 0 atom stereocenters. The molecular formula is C11H10N4O. The second kappa shape index (κ2) is 3.66. The lowest BCUT2D eigenvalue weighted by molar-refractivity contribution is 0.903. The number of hydrogen-bond donors (Lipinski definition) is 1. The van der Waals surface area contributed by atoms with E-state index >= 15 is 0 Å². The van der Waals surface area contributed by atoms with E-state index in [9.17, 15) is 4.79 Å². The molecule has 1 N–H and O–H groups in total. The summed E-state index contributed by atoms with van der Waals surface area (Å²) in [5.41, 5.74) is 2.20. The van der Waals surface area contributed by atoms with Crippen molar-refractivity contribution >= 4 is 16.7 Å². The average Bonchev–Trinajstić information content (AvgIpc) is 2.33. The van der Waals surface area contributed by atoms with Gasteiger partial charge in [0.2, 0.25) is 0 Å². The maximum atomic E-state index is 11.6. The Kier molecular flexibility index (Phi) is 2.33. The molecule has 2 aromatic heterocycles. The van der Waals surface area contributed by atoms with Gasteiger partial charge in [0.1, 0.15) is 17.3 Å². The number of anilines is 1. The van der Waals surface area contributed by atoms with Gasteiger partial charge in [0.25, 0.3) is 5.56 Å². The predicted octanol–water partition coefficient (Wildman–Crippen LogP) is 0.847. The van der Waals surface area contributed by atoms with E-state index in [1.807, 2.05) is 6.07 Å². The Morgan fingerprint density at radius 3 is 2.88 bits per heavy atom. The Hall–Kier alpha value is -2.35. The van der Waals surface area contributed by atoms with E-state index in [0.29, 0.717) is 22.4 Å². The maximum Gasteiger partial charge on any atom is 0.252 e. The van der Waals surface area contributed by atoms with E-state index in [0.717, 1.165) is 0 Å².